The van der Waals surface area contributed by atoms with Gasteiger partial charge in [-0.05, 0) is 30.3 Å². The van der Waals surface area contributed by atoms with Crippen LogP contribution in [-0.4, -0.2) is 27.1 Å². The van der Waals surface area contributed by atoms with E-state index in [0.717, 1.165) is 10.6 Å². The zero-order valence-corrected chi connectivity index (χ0v) is 15.4. The molecule has 0 heterocycles. The third kappa shape index (κ3) is 4.86. The van der Waals surface area contributed by atoms with E-state index in [4.69, 9.17) is 28.5 Å². The molecule has 2 rings (SSSR count). The van der Waals surface area contributed by atoms with Crippen molar-refractivity contribution in [1.29, 1.82) is 5.26 Å². The first-order chi connectivity index (χ1) is 11.7. The van der Waals surface area contributed by atoms with E-state index in [1.165, 1.54) is 24.3 Å². The second kappa shape index (κ2) is 7.74. The van der Waals surface area contributed by atoms with Crippen LogP contribution in [0.4, 0.5) is 11.4 Å². The van der Waals surface area contributed by atoms with Gasteiger partial charge in [0, 0.05) is 5.02 Å². The number of para-hydroxylation sites is 1. The summed E-state index contributed by atoms with van der Waals surface area (Å²) in [5.74, 6) is -0.609. The van der Waals surface area contributed by atoms with Gasteiger partial charge in [-0.3, -0.25) is 9.10 Å². The molecular weight excluding hydrogens is 385 g/mol. The van der Waals surface area contributed by atoms with Crippen molar-refractivity contribution in [2.75, 3.05) is 22.4 Å². The van der Waals surface area contributed by atoms with Crippen molar-refractivity contribution < 1.29 is 13.2 Å². The van der Waals surface area contributed by atoms with E-state index >= 15 is 0 Å². The number of nitriles is 1. The minimum absolute atomic E-state index is 0.129. The van der Waals surface area contributed by atoms with Crippen molar-refractivity contribution in [3.05, 3.63) is 58.1 Å². The van der Waals surface area contributed by atoms with Crippen LogP contribution in [0.2, 0.25) is 10.0 Å². The minimum Gasteiger partial charge on any atom is -0.323 e. The summed E-state index contributed by atoms with van der Waals surface area (Å²) in [5, 5.41) is 12.3. The average molecular weight is 398 g/mol. The molecule has 130 valence electrons. The molecule has 0 saturated carbocycles. The molecule has 25 heavy (non-hydrogen) atoms. The number of carbonyl (C=O) groups excluding carboxylic acids is 1. The van der Waals surface area contributed by atoms with Gasteiger partial charge in [0.1, 0.15) is 12.6 Å². The van der Waals surface area contributed by atoms with Crippen molar-refractivity contribution in [1.82, 2.24) is 0 Å². The molecule has 0 aliphatic rings. The van der Waals surface area contributed by atoms with Gasteiger partial charge in [0.25, 0.3) is 0 Å². The largest absolute Gasteiger partial charge is 0.323 e. The number of benzene rings is 2. The molecule has 0 atom stereocenters. The SMILES string of the molecule is CS(=O)(=O)N(CC(=O)Nc1ccc(Cl)cc1Cl)c1ccccc1C#N. The Balaban J connectivity index is 2.29. The number of sulfonamides is 1. The third-order valence-electron chi connectivity index (χ3n) is 3.19. The number of halogens is 2. The predicted molar refractivity (Wildman–Crippen MR) is 98.4 cm³/mol. The van der Waals surface area contributed by atoms with Crippen LogP contribution in [-0.2, 0) is 14.8 Å². The van der Waals surface area contributed by atoms with Crippen LogP contribution in [0.3, 0.4) is 0 Å². The van der Waals surface area contributed by atoms with Crippen LogP contribution in [0, 0.1) is 11.3 Å². The van der Waals surface area contributed by atoms with Gasteiger partial charge in [0.2, 0.25) is 15.9 Å². The Morgan fingerprint density at radius 3 is 2.52 bits per heavy atom. The Hall–Kier alpha value is -2.27. The van der Waals surface area contributed by atoms with E-state index in [1.807, 2.05) is 6.07 Å². The summed E-state index contributed by atoms with van der Waals surface area (Å²) in [6.45, 7) is -0.503. The number of rotatable bonds is 5. The minimum atomic E-state index is -3.79. The summed E-state index contributed by atoms with van der Waals surface area (Å²) >= 11 is 11.8. The van der Waals surface area contributed by atoms with E-state index in [2.05, 4.69) is 5.32 Å². The summed E-state index contributed by atoms with van der Waals surface area (Å²) < 4.78 is 25.1. The van der Waals surface area contributed by atoms with E-state index in [0.29, 0.717) is 10.7 Å². The molecule has 6 nitrogen and oxygen atoms in total. The van der Waals surface area contributed by atoms with Gasteiger partial charge >= 0.3 is 0 Å². The Labute approximate surface area is 155 Å². The standard InChI is InChI=1S/C16H13Cl2N3O3S/c1-25(23,24)21(15-5-3-2-4-11(15)9-19)10-16(22)20-14-7-6-12(17)8-13(14)18/h2-8H,10H2,1H3,(H,20,22). The summed E-state index contributed by atoms with van der Waals surface area (Å²) in [5.41, 5.74) is 0.577. The zero-order valence-electron chi connectivity index (χ0n) is 13.0. The highest BCUT2D eigenvalue weighted by molar-refractivity contribution is 7.92. The van der Waals surface area contributed by atoms with Crippen molar-refractivity contribution in [3.8, 4) is 6.07 Å². The second-order valence-corrected chi connectivity index (χ2v) is 7.82. The molecule has 2 aromatic rings. The van der Waals surface area contributed by atoms with E-state index in [1.54, 1.807) is 18.2 Å². The van der Waals surface area contributed by atoms with Crippen LogP contribution in [0.15, 0.2) is 42.5 Å². The number of anilines is 2. The molecular formula is C16H13Cl2N3O3S. The average Bonchev–Trinajstić information content (AvgIpc) is 2.54. The molecule has 0 saturated heterocycles. The summed E-state index contributed by atoms with van der Waals surface area (Å²) in [4.78, 5) is 12.3. The number of carbonyl (C=O) groups is 1. The molecule has 0 fully saturated rings. The first kappa shape index (κ1) is 19.1. The van der Waals surface area contributed by atoms with Gasteiger partial charge in [-0.1, -0.05) is 35.3 Å². The fraction of sp³-hybridized carbons (Fsp3) is 0.125. The molecule has 0 radical (unpaired) electrons. The van der Waals surface area contributed by atoms with E-state index in [9.17, 15) is 13.2 Å². The molecule has 0 spiro atoms. The maximum absolute atomic E-state index is 12.3. The molecule has 1 N–H and O–H groups in total. The van der Waals surface area contributed by atoms with Crippen LogP contribution < -0.4 is 9.62 Å². The molecule has 0 aromatic heterocycles. The molecule has 1 amide bonds. The van der Waals surface area contributed by atoms with Crippen LogP contribution in [0.25, 0.3) is 0 Å². The zero-order chi connectivity index (χ0) is 18.6. The van der Waals surface area contributed by atoms with Crippen molar-refractivity contribution in [2.24, 2.45) is 0 Å². The number of nitrogens with one attached hydrogen (secondary N) is 1. The number of nitrogens with zero attached hydrogens (tertiary/aromatic N) is 2. The van der Waals surface area contributed by atoms with E-state index < -0.39 is 22.5 Å². The molecule has 0 aliphatic heterocycles. The van der Waals surface area contributed by atoms with Crippen molar-refractivity contribution in [2.45, 2.75) is 0 Å². The maximum atomic E-state index is 12.3. The van der Waals surface area contributed by atoms with Gasteiger partial charge < -0.3 is 5.32 Å². The fourth-order valence-corrected chi connectivity index (χ4v) is 3.40. The van der Waals surface area contributed by atoms with Crippen molar-refractivity contribution in [3.63, 3.8) is 0 Å². The highest BCUT2D eigenvalue weighted by Gasteiger charge is 2.23. The molecule has 9 heteroatoms. The van der Waals surface area contributed by atoms with Crippen LogP contribution >= 0.6 is 23.2 Å². The second-order valence-electron chi connectivity index (χ2n) is 5.07. The summed E-state index contributed by atoms with van der Waals surface area (Å²) in [6, 6.07) is 12.6. The number of hydrogen-bond donors (Lipinski definition) is 1. The normalized spacial score (nSPS) is 10.8. The lowest BCUT2D eigenvalue weighted by Crippen LogP contribution is -2.37. The summed E-state index contributed by atoms with van der Waals surface area (Å²) in [6.07, 6.45) is 0.962. The smallest absolute Gasteiger partial charge is 0.245 e. The molecule has 0 bridgehead atoms. The van der Waals surface area contributed by atoms with Crippen LogP contribution in [0.1, 0.15) is 5.56 Å². The highest BCUT2D eigenvalue weighted by atomic mass is 35.5. The van der Waals surface area contributed by atoms with Gasteiger partial charge in [-0.2, -0.15) is 5.26 Å². The molecule has 0 unspecified atom stereocenters. The lowest BCUT2D eigenvalue weighted by atomic mass is 10.2. The van der Waals surface area contributed by atoms with Gasteiger partial charge in [0.15, 0.2) is 0 Å². The first-order valence-corrected chi connectivity index (χ1v) is 9.54. The van der Waals surface area contributed by atoms with Gasteiger partial charge in [-0.15, -0.1) is 0 Å². The highest BCUT2D eigenvalue weighted by Crippen LogP contribution is 2.26. The Morgan fingerprint density at radius 2 is 1.92 bits per heavy atom. The first-order valence-electron chi connectivity index (χ1n) is 6.94. The Bertz CT molecular complexity index is 955. The van der Waals surface area contributed by atoms with E-state index in [-0.39, 0.29) is 16.3 Å². The topological polar surface area (TPSA) is 90.3 Å². The number of amides is 1. The van der Waals surface area contributed by atoms with Gasteiger partial charge in [-0.25, -0.2) is 8.42 Å². The Kier molecular flexibility index (Phi) is 5.90. The lowest BCUT2D eigenvalue weighted by molar-refractivity contribution is -0.114. The van der Waals surface area contributed by atoms with Crippen LogP contribution in [0.5, 0.6) is 0 Å². The Morgan fingerprint density at radius 1 is 1.24 bits per heavy atom. The lowest BCUT2D eigenvalue weighted by Gasteiger charge is -2.22. The molecule has 2 aromatic carbocycles. The quantitative estimate of drug-likeness (QED) is 0.837. The predicted octanol–water partition coefficient (Wildman–Crippen LogP) is 3.27. The number of hydrogen-bond acceptors (Lipinski definition) is 4. The maximum Gasteiger partial charge on any atom is 0.245 e. The summed E-state index contributed by atoms with van der Waals surface area (Å²) in [7, 11) is -3.79. The van der Waals surface area contributed by atoms with Crippen molar-refractivity contribution >= 4 is 50.5 Å². The monoisotopic (exact) mass is 397 g/mol. The third-order valence-corrected chi connectivity index (χ3v) is 4.86. The fourth-order valence-electron chi connectivity index (χ4n) is 2.08. The molecule has 0 aliphatic carbocycles. The van der Waals surface area contributed by atoms with Gasteiger partial charge in [0.05, 0.1) is 28.2 Å².